The molecule has 1 aliphatic rings. The van der Waals surface area contributed by atoms with Crippen LogP contribution in [0.4, 0.5) is 0 Å². The van der Waals surface area contributed by atoms with Crippen molar-refractivity contribution in [1.29, 1.82) is 0 Å². The molecule has 0 atom stereocenters. The van der Waals surface area contributed by atoms with Crippen molar-refractivity contribution in [2.75, 3.05) is 0 Å². The first-order chi connectivity index (χ1) is 7.98. The molecule has 5 nitrogen and oxygen atoms in total. The zero-order valence-corrected chi connectivity index (χ0v) is 12.1. The van der Waals surface area contributed by atoms with Gasteiger partial charge in [0.15, 0.2) is 0 Å². The molecule has 0 aliphatic heterocycles. The van der Waals surface area contributed by atoms with Gasteiger partial charge in [0.1, 0.15) is 0 Å². The van der Waals surface area contributed by atoms with Gasteiger partial charge >= 0.3 is 7.32 Å². The summed E-state index contributed by atoms with van der Waals surface area (Å²) in [4.78, 5) is 0. The van der Waals surface area contributed by atoms with Crippen LogP contribution in [0.2, 0.25) is 0 Å². The number of hydrogen-bond acceptors (Lipinski definition) is 5. The maximum absolute atomic E-state index is 9.10. The molecular weight excluding hydrogens is 235 g/mol. The maximum atomic E-state index is 9.10. The van der Waals surface area contributed by atoms with Crippen molar-refractivity contribution >= 4 is 7.32 Å². The van der Waals surface area contributed by atoms with Crippen molar-refractivity contribution in [1.82, 2.24) is 0 Å². The van der Waals surface area contributed by atoms with Crippen LogP contribution >= 0.6 is 0 Å². The topological polar surface area (TPSA) is 101 Å². The highest BCUT2D eigenvalue weighted by Crippen LogP contribution is 2.19. The van der Waals surface area contributed by atoms with Crippen LogP contribution in [0.15, 0.2) is 0 Å². The quantitative estimate of drug-likeness (QED) is 0.451. The minimum Gasteiger partial charge on any atom is -0.402 e. The normalized spacial score (nSPS) is 15.8. The van der Waals surface area contributed by atoms with Crippen LogP contribution in [0.1, 0.15) is 66.2 Å². The summed E-state index contributed by atoms with van der Waals surface area (Å²) in [6.45, 7) is 6.31. The van der Waals surface area contributed by atoms with Gasteiger partial charge in [-0.3, -0.25) is 0 Å². The van der Waals surface area contributed by atoms with E-state index in [9.17, 15) is 0 Å². The fourth-order valence-corrected chi connectivity index (χ4v) is 1.06. The highest BCUT2D eigenvalue weighted by Gasteiger charge is 2.31. The molecule has 0 aromatic heterocycles. The predicted molar refractivity (Wildman–Crippen MR) is 72.7 cm³/mol. The van der Waals surface area contributed by atoms with E-state index < -0.39 is 18.5 Å². The molecule has 6 heteroatoms. The molecule has 110 valence electrons. The van der Waals surface area contributed by atoms with Gasteiger partial charge in [0.25, 0.3) is 0 Å². The van der Waals surface area contributed by atoms with Crippen molar-refractivity contribution in [3.05, 3.63) is 0 Å². The van der Waals surface area contributed by atoms with Crippen LogP contribution in [-0.4, -0.2) is 43.8 Å². The molecule has 0 saturated heterocycles. The minimum absolute atomic E-state index is 1.01. The van der Waals surface area contributed by atoms with E-state index >= 15 is 0 Å². The van der Waals surface area contributed by atoms with Crippen molar-refractivity contribution < 1.29 is 25.3 Å². The van der Waals surface area contributed by atoms with Crippen molar-refractivity contribution in [3.8, 4) is 0 Å². The van der Waals surface area contributed by atoms with Gasteiger partial charge in [0.05, 0.1) is 11.2 Å². The highest BCUT2D eigenvalue weighted by atomic mass is 16.5. The second-order valence-corrected chi connectivity index (χ2v) is 5.59. The average Bonchev–Trinajstić information content (AvgIpc) is 2.17. The van der Waals surface area contributed by atoms with E-state index in [0.717, 1.165) is 0 Å². The predicted octanol–water partition coefficient (Wildman–Crippen LogP) is 0.817. The summed E-state index contributed by atoms with van der Waals surface area (Å²) < 4.78 is 0. The number of aliphatic hydroxyl groups is 2. The summed E-state index contributed by atoms with van der Waals surface area (Å²) in [5.41, 5.74) is -2.01. The van der Waals surface area contributed by atoms with Gasteiger partial charge in [-0.1, -0.05) is 38.5 Å². The van der Waals surface area contributed by atoms with E-state index in [1.807, 2.05) is 0 Å². The fraction of sp³-hybridized carbons (Fsp3) is 1.00. The number of rotatable bonds is 1. The number of hydrogen-bond donors (Lipinski definition) is 5. The first kappa shape index (κ1) is 20.2. The Morgan fingerprint density at radius 1 is 0.611 bits per heavy atom. The maximum Gasteiger partial charge on any atom is 0.631 e. The Hall–Kier alpha value is -0.135. The lowest BCUT2D eigenvalue weighted by Crippen LogP contribution is -2.44. The Kier molecular flexibility index (Phi) is 10.9. The first-order valence-electron chi connectivity index (χ1n) is 6.47. The molecule has 1 saturated carbocycles. The Bertz CT molecular complexity index is 154. The van der Waals surface area contributed by atoms with E-state index in [-0.39, 0.29) is 0 Å². The molecule has 0 aromatic carbocycles. The smallest absolute Gasteiger partial charge is 0.402 e. The zero-order chi connectivity index (χ0) is 14.8. The summed E-state index contributed by atoms with van der Waals surface area (Å²) in [7, 11) is -2.17. The Labute approximate surface area is 111 Å². The standard InChI is InChI=1S/C6H14O2.C6H12.BH3O3/c1-5(2,7)6(3,4)8;1-2-4-6-5-3-1;2-1(3)4/h7-8H,1-4H3;1-6H2;2-4H. The van der Waals surface area contributed by atoms with E-state index in [1.54, 1.807) is 27.7 Å². The Balaban J connectivity index is 0. The van der Waals surface area contributed by atoms with E-state index in [1.165, 1.54) is 38.5 Å². The van der Waals surface area contributed by atoms with Crippen LogP contribution in [0.25, 0.3) is 0 Å². The minimum atomic E-state index is -2.17. The van der Waals surface area contributed by atoms with Crippen molar-refractivity contribution in [2.24, 2.45) is 0 Å². The summed E-state index contributed by atoms with van der Waals surface area (Å²) in [6.07, 6.45) is 9.00. The van der Waals surface area contributed by atoms with Crippen LogP contribution in [0.5, 0.6) is 0 Å². The largest absolute Gasteiger partial charge is 0.631 e. The molecule has 1 aliphatic carbocycles. The summed E-state index contributed by atoms with van der Waals surface area (Å²) in [5, 5.41) is 39.7. The molecule has 1 rings (SSSR count). The molecule has 0 unspecified atom stereocenters. The Morgan fingerprint density at radius 2 is 0.722 bits per heavy atom. The second kappa shape index (κ2) is 9.75. The fourth-order valence-electron chi connectivity index (χ4n) is 1.06. The average molecular weight is 264 g/mol. The van der Waals surface area contributed by atoms with Gasteiger partial charge in [-0.15, -0.1) is 0 Å². The highest BCUT2D eigenvalue weighted by molar-refractivity contribution is 6.30. The lowest BCUT2D eigenvalue weighted by molar-refractivity contribution is -0.107. The van der Waals surface area contributed by atoms with Crippen molar-refractivity contribution in [3.63, 3.8) is 0 Å². The first-order valence-corrected chi connectivity index (χ1v) is 6.47. The lowest BCUT2D eigenvalue weighted by Gasteiger charge is -2.31. The molecule has 0 amide bonds. The van der Waals surface area contributed by atoms with Crippen LogP contribution < -0.4 is 0 Å². The molecule has 0 heterocycles. The van der Waals surface area contributed by atoms with Gasteiger partial charge in [-0.05, 0) is 27.7 Å². The lowest BCUT2D eigenvalue weighted by atomic mass is 9.90. The summed E-state index contributed by atoms with van der Waals surface area (Å²) in [6, 6.07) is 0. The molecule has 0 bridgehead atoms. The third-order valence-electron chi connectivity index (χ3n) is 3.00. The van der Waals surface area contributed by atoms with Gasteiger partial charge < -0.3 is 25.3 Å². The van der Waals surface area contributed by atoms with E-state index in [2.05, 4.69) is 0 Å². The molecule has 5 N–H and O–H groups in total. The van der Waals surface area contributed by atoms with Crippen molar-refractivity contribution in [2.45, 2.75) is 77.4 Å². The van der Waals surface area contributed by atoms with Crippen LogP contribution in [-0.2, 0) is 0 Å². The van der Waals surface area contributed by atoms with E-state index in [4.69, 9.17) is 25.3 Å². The molecule has 0 aromatic rings. The summed E-state index contributed by atoms with van der Waals surface area (Å²) in [5.74, 6) is 0. The Morgan fingerprint density at radius 3 is 0.778 bits per heavy atom. The van der Waals surface area contributed by atoms with Gasteiger partial charge in [-0.2, -0.15) is 0 Å². The SMILES string of the molecule is C1CCCCC1.CC(C)(O)C(C)(C)O.OB(O)O. The molecule has 0 spiro atoms. The molecule has 18 heavy (non-hydrogen) atoms. The van der Waals surface area contributed by atoms with Crippen LogP contribution in [0.3, 0.4) is 0 Å². The third kappa shape index (κ3) is 15.9. The van der Waals surface area contributed by atoms with Gasteiger partial charge in [-0.25, -0.2) is 0 Å². The zero-order valence-electron chi connectivity index (χ0n) is 12.1. The monoisotopic (exact) mass is 264 g/mol. The third-order valence-corrected chi connectivity index (χ3v) is 3.00. The van der Waals surface area contributed by atoms with Crippen LogP contribution in [0, 0.1) is 0 Å². The van der Waals surface area contributed by atoms with E-state index in [0.29, 0.717) is 0 Å². The summed E-state index contributed by atoms with van der Waals surface area (Å²) >= 11 is 0. The van der Waals surface area contributed by atoms with Gasteiger partial charge in [0, 0.05) is 0 Å². The molecular formula is C12H29BO5. The molecule has 1 fully saturated rings. The second-order valence-electron chi connectivity index (χ2n) is 5.59. The van der Waals surface area contributed by atoms with Gasteiger partial charge in [0.2, 0.25) is 0 Å². The molecule has 0 radical (unpaired) electrons.